The van der Waals surface area contributed by atoms with E-state index in [2.05, 4.69) is 14.9 Å². The molecule has 1 N–H and O–H groups in total. The van der Waals surface area contributed by atoms with Crippen molar-refractivity contribution in [3.05, 3.63) is 41.1 Å². The number of nitrogens with zero attached hydrogens (tertiary/aromatic N) is 3. The van der Waals surface area contributed by atoms with E-state index in [1.807, 2.05) is 0 Å². The minimum Gasteiger partial charge on any atom is -0.357 e. The first-order valence-corrected chi connectivity index (χ1v) is 12.2. The second-order valence-electron chi connectivity index (χ2n) is 9.11. The molecule has 4 heterocycles. The molecule has 1 saturated carbocycles. The number of nitrogens with one attached hydrogen (secondary N) is 1. The molecule has 0 aromatic carbocycles. The summed E-state index contributed by atoms with van der Waals surface area (Å²) in [5, 5.41) is -0.107. The summed E-state index contributed by atoms with van der Waals surface area (Å²) in [5.41, 5.74) is 0.920. The molecule has 164 valence electrons. The predicted octanol–water partition coefficient (Wildman–Crippen LogP) is 3.49. The lowest BCUT2D eigenvalue weighted by Crippen LogP contribution is -2.35. The number of aromatic amines is 1. The fourth-order valence-corrected chi connectivity index (χ4v) is 5.58. The number of hydrogen-bond acceptors (Lipinski definition) is 5. The highest BCUT2D eigenvalue weighted by Gasteiger charge is 2.44. The minimum absolute atomic E-state index is 0.0762. The van der Waals surface area contributed by atoms with Gasteiger partial charge in [0.2, 0.25) is 0 Å². The summed E-state index contributed by atoms with van der Waals surface area (Å²) in [7, 11) is -3.62. The van der Waals surface area contributed by atoms with Crippen LogP contribution in [0.25, 0.3) is 22.0 Å². The molecular weight excluding hydrogens is 412 g/mol. The third-order valence-electron chi connectivity index (χ3n) is 6.89. The number of aryl methyl sites for hydroxylation is 1. The molecule has 5 rings (SSSR count). The molecule has 1 aliphatic heterocycles. The van der Waals surface area contributed by atoms with Crippen molar-refractivity contribution in [1.29, 1.82) is 0 Å². The summed E-state index contributed by atoms with van der Waals surface area (Å²) < 4.78 is 50.3. The lowest BCUT2D eigenvalue weighted by atomic mass is 9.93. The number of anilines is 1. The summed E-state index contributed by atoms with van der Waals surface area (Å²) in [4.78, 5) is 22.5. The highest BCUT2D eigenvalue weighted by molar-refractivity contribution is 7.92. The molecule has 2 fully saturated rings. The molecule has 0 unspecified atom stereocenters. The molecular formula is C23H28N4O3S. The molecule has 7 nitrogen and oxygen atoms in total. The third kappa shape index (κ3) is 3.28. The Labute approximate surface area is 186 Å². The van der Waals surface area contributed by atoms with Gasteiger partial charge in [-0.1, -0.05) is 0 Å². The van der Waals surface area contributed by atoms with Gasteiger partial charge in [0.25, 0.3) is 5.56 Å². The Morgan fingerprint density at radius 2 is 1.94 bits per heavy atom. The maximum atomic E-state index is 13.0. The Hall–Kier alpha value is -2.61. The van der Waals surface area contributed by atoms with Crippen LogP contribution in [0, 0.1) is 5.41 Å². The van der Waals surface area contributed by atoms with E-state index in [1.165, 1.54) is 25.2 Å². The summed E-state index contributed by atoms with van der Waals surface area (Å²) in [6.45, 7) is 2.13. The Balaban J connectivity index is 1.75. The summed E-state index contributed by atoms with van der Waals surface area (Å²) in [5.74, 6) is 0.608. The van der Waals surface area contributed by atoms with Gasteiger partial charge in [-0.05, 0) is 57.1 Å². The quantitative estimate of drug-likeness (QED) is 0.667. The number of aromatic nitrogens is 3. The SMILES string of the molecule is [2H]C([2H])([2H])n1cc(-c2cc(S(=O)(=O)C(C)C)cnc2N2CCC3(CC2)CC3)c2cc[nH]c2c1=O. The smallest absolute Gasteiger partial charge is 0.274 e. The van der Waals surface area contributed by atoms with Gasteiger partial charge in [0.05, 0.1) is 10.1 Å². The maximum Gasteiger partial charge on any atom is 0.274 e. The van der Waals surface area contributed by atoms with Crippen molar-refractivity contribution in [2.24, 2.45) is 12.4 Å². The molecule has 1 saturated heterocycles. The minimum atomic E-state index is -3.62. The Morgan fingerprint density at radius 1 is 1.19 bits per heavy atom. The molecule has 8 heteroatoms. The summed E-state index contributed by atoms with van der Waals surface area (Å²) in [6, 6.07) is 3.29. The van der Waals surface area contributed by atoms with E-state index in [9.17, 15) is 13.2 Å². The van der Waals surface area contributed by atoms with Crippen molar-refractivity contribution in [3.8, 4) is 11.1 Å². The van der Waals surface area contributed by atoms with Crippen LogP contribution in [0.4, 0.5) is 5.82 Å². The van der Waals surface area contributed by atoms with Gasteiger partial charge in [-0.2, -0.15) is 0 Å². The van der Waals surface area contributed by atoms with Crippen molar-refractivity contribution >= 4 is 26.6 Å². The van der Waals surface area contributed by atoms with E-state index in [-0.39, 0.29) is 10.4 Å². The highest BCUT2D eigenvalue weighted by Crippen LogP contribution is 2.54. The van der Waals surface area contributed by atoms with Gasteiger partial charge in [0, 0.05) is 59.3 Å². The van der Waals surface area contributed by atoms with E-state index in [0.717, 1.165) is 30.5 Å². The van der Waals surface area contributed by atoms with Crippen molar-refractivity contribution < 1.29 is 12.5 Å². The van der Waals surface area contributed by atoms with Gasteiger partial charge in [-0.3, -0.25) is 4.79 Å². The van der Waals surface area contributed by atoms with Crippen molar-refractivity contribution in [2.75, 3.05) is 18.0 Å². The number of piperidine rings is 1. The Kier molecular flexibility index (Phi) is 3.81. The van der Waals surface area contributed by atoms with Gasteiger partial charge >= 0.3 is 0 Å². The van der Waals surface area contributed by atoms with Gasteiger partial charge < -0.3 is 14.5 Å². The first kappa shape index (κ1) is 17.0. The molecule has 0 atom stereocenters. The van der Waals surface area contributed by atoms with E-state index in [1.54, 1.807) is 32.2 Å². The number of pyridine rings is 2. The average Bonchev–Trinajstić information content (AvgIpc) is 3.33. The molecule has 3 aromatic heterocycles. The van der Waals surface area contributed by atoms with Crippen molar-refractivity contribution in [3.63, 3.8) is 0 Å². The first-order chi connectivity index (χ1) is 15.9. The zero-order valence-corrected chi connectivity index (χ0v) is 18.5. The van der Waals surface area contributed by atoms with Crippen LogP contribution in [0.2, 0.25) is 0 Å². The number of fused-ring (bicyclic) bond motifs is 1. The number of H-pyrrole nitrogens is 1. The van der Waals surface area contributed by atoms with E-state index in [4.69, 9.17) is 4.11 Å². The molecule has 2 aliphatic rings. The number of rotatable bonds is 4. The van der Waals surface area contributed by atoms with Crippen LogP contribution in [0.15, 0.2) is 40.4 Å². The van der Waals surface area contributed by atoms with Gasteiger partial charge in [-0.25, -0.2) is 13.4 Å². The number of hydrogen-bond donors (Lipinski definition) is 1. The second kappa shape index (κ2) is 6.95. The molecule has 1 aliphatic carbocycles. The topological polar surface area (TPSA) is 88.1 Å². The van der Waals surface area contributed by atoms with Gasteiger partial charge in [0.15, 0.2) is 9.84 Å². The van der Waals surface area contributed by atoms with Crippen LogP contribution in [0.1, 0.15) is 43.6 Å². The van der Waals surface area contributed by atoms with Crippen LogP contribution in [-0.2, 0) is 16.8 Å². The lowest BCUT2D eigenvalue weighted by molar-refractivity contribution is 0.383. The van der Waals surface area contributed by atoms with Crippen LogP contribution in [0.5, 0.6) is 0 Å². The molecule has 3 aromatic rings. The fourth-order valence-electron chi connectivity index (χ4n) is 4.55. The Morgan fingerprint density at radius 3 is 2.58 bits per heavy atom. The summed E-state index contributed by atoms with van der Waals surface area (Å²) >= 11 is 0. The second-order valence-corrected chi connectivity index (χ2v) is 11.6. The van der Waals surface area contributed by atoms with Crippen molar-refractivity contribution in [2.45, 2.75) is 49.7 Å². The Bertz CT molecular complexity index is 1430. The largest absolute Gasteiger partial charge is 0.357 e. The number of sulfone groups is 1. The summed E-state index contributed by atoms with van der Waals surface area (Å²) in [6.07, 6.45) is 8.89. The standard InChI is InChI=1S/C23H28N4O3S/c1-15(2)31(29,30)16-12-18(19-14-26(3)22(28)20-17(19)4-9-24-20)21(25-13-16)27-10-7-23(5-6-23)8-11-27/h4,9,12-15,24H,5-8,10-11H2,1-3H3/i3D3. The van der Waals surface area contributed by atoms with Crippen LogP contribution >= 0.6 is 0 Å². The molecule has 0 radical (unpaired) electrons. The maximum absolute atomic E-state index is 13.0. The van der Waals surface area contributed by atoms with Crippen molar-refractivity contribution in [1.82, 2.24) is 14.5 Å². The zero-order chi connectivity index (χ0) is 24.5. The zero-order valence-electron chi connectivity index (χ0n) is 20.7. The van der Waals surface area contributed by atoms with Crippen LogP contribution in [0.3, 0.4) is 0 Å². The fraction of sp³-hybridized carbons (Fsp3) is 0.478. The highest BCUT2D eigenvalue weighted by atomic mass is 32.2. The van der Waals surface area contributed by atoms with Gasteiger partial charge in [-0.15, -0.1) is 0 Å². The molecule has 0 amide bonds. The third-order valence-corrected chi connectivity index (χ3v) is 9.01. The van der Waals surface area contributed by atoms with Crippen LogP contribution in [-0.4, -0.2) is 41.3 Å². The van der Waals surface area contributed by atoms with Crippen LogP contribution < -0.4 is 10.5 Å². The monoisotopic (exact) mass is 443 g/mol. The lowest BCUT2D eigenvalue weighted by Gasteiger charge is -2.34. The molecule has 31 heavy (non-hydrogen) atoms. The van der Waals surface area contributed by atoms with E-state index < -0.39 is 27.6 Å². The average molecular weight is 444 g/mol. The van der Waals surface area contributed by atoms with E-state index >= 15 is 0 Å². The molecule has 0 bridgehead atoms. The molecule has 1 spiro atoms. The first-order valence-electron chi connectivity index (χ1n) is 12.2. The van der Waals surface area contributed by atoms with Gasteiger partial charge in [0.1, 0.15) is 11.3 Å². The van der Waals surface area contributed by atoms with E-state index in [0.29, 0.717) is 27.7 Å². The normalized spacial score (nSPS) is 20.1. The predicted molar refractivity (Wildman–Crippen MR) is 122 cm³/mol.